The zero-order valence-corrected chi connectivity index (χ0v) is 13.5. The number of ketones is 1. The Bertz CT molecular complexity index is 740. The van der Waals surface area contributed by atoms with Crippen LogP contribution in [0.2, 0.25) is 0 Å². The minimum absolute atomic E-state index is 0.126. The summed E-state index contributed by atoms with van der Waals surface area (Å²) in [6, 6.07) is 13.1. The van der Waals surface area contributed by atoms with Crippen LogP contribution in [0.15, 0.2) is 54.6 Å². The Hall–Kier alpha value is -2.88. The van der Waals surface area contributed by atoms with Gasteiger partial charge in [-0.05, 0) is 30.5 Å². The molecule has 2 N–H and O–H groups in total. The summed E-state index contributed by atoms with van der Waals surface area (Å²) in [6.45, 7) is 2.13. The van der Waals surface area contributed by atoms with Gasteiger partial charge in [-0.3, -0.25) is 4.79 Å². The first kappa shape index (κ1) is 17.5. The number of aliphatic hydroxyl groups excluding tert-OH is 1. The van der Waals surface area contributed by atoms with Gasteiger partial charge >= 0.3 is 5.97 Å². The van der Waals surface area contributed by atoms with E-state index in [-0.39, 0.29) is 17.1 Å². The molecular weight excluding hydrogens is 304 g/mol. The molecule has 0 aliphatic rings. The maximum atomic E-state index is 12.2. The first-order valence-corrected chi connectivity index (χ1v) is 7.89. The molecular formula is C20H20O4. The number of carbonyl (C=O) groups excluding carboxylic acids is 1. The zero-order chi connectivity index (χ0) is 17.5. The SMILES string of the molecule is CCCCc1ccc(C(=O)/C=C(\O)c2ccc(C(=O)O)cc2)cc1. The highest BCUT2D eigenvalue weighted by atomic mass is 16.4. The van der Waals surface area contributed by atoms with Crippen molar-refractivity contribution in [3.63, 3.8) is 0 Å². The molecule has 2 aromatic carbocycles. The molecule has 0 fully saturated rings. The van der Waals surface area contributed by atoms with Crippen molar-refractivity contribution >= 4 is 17.5 Å². The number of hydrogen-bond donors (Lipinski definition) is 2. The predicted molar refractivity (Wildman–Crippen MR) is 93.4 cm³/mol. The Labute approximate surface area is 141 Å². The van der Waals surface area contributed by atoms with Crippen LogP contribution < -0.4 is 0 Å². The number of benzene rings is 2. The Kier molecular flexibility index (Phi) is 5.90. The summed E-state index contributed by atoms with van der Waals surface area (Å²) in [6.07, 6.45) is 4.37. The Morgan fingerprint density at radius 3 is 1.96 bits per heavy atom. The molecule has 4 nitrogen and oxygen atoms in total. The number of aromatic carboxylic acids is 1. The van der Waals surface area contributed by atoms with Gasteiger partial charge in [0, 0.05) is 17.2 Å². The molecule has 24 heavy (non-hydrogen) atoms. The maximum absolute atomic E-state index is 12.2. The third-order valence-electron chi connectivity index (χ3n) is 3.75. The Morgan fingerprint density at radius 1 is 0.875 bits per heavy atom. The monoisotopic (exact) mass is 324 g/mol. The highest BCUT2D eigenvalue weighted by Gasteiger charge is 2.08. The van der Waals surface area contributed by atoms with Crippen molar-refractivity contribution in [2.75, 3.05) is 0 Å². The Balaban J connectivity index is 2.11. The Morgan fingerprint density at radius 2 is 1.42 bits per heavy atom. The van der Waals surface area contributed by atoms with Crippen molar-refractivity contribution in [3.05, 3.63) is 76.9 Å². The molecule has 0 amide bonds. The second kappa shape index (κ2) is 8.11. The lowest BCUT2D eigenvalue weighted by Gasteiger charge is -2.03. The molecule has 2 aromatic rings. The number of carbonyl (C=O) groups is 2. The quantitative estimate of drug-likeness (QED) is 0.446. The molecule has 0 radical (unpaired) electrons. The average Bonchev–Trinajstić information content (AvgIpc) is 2.60. The number of aryl methyl sites for hydroxylation is 1. The summed E-state index contributed by atoms with van der Waals surface area (Å²) < 4.78 is 0. The summed E-state index contributed by atoms with van der Waals surface area (Å²) >= 11 is 0. The molecule has 4 heteroatoms. The largest absolute Gasteiger partial charge is 0.507 e. The van der Waals surface area contributed by atoms with Crippen LogP contribution in [-0.2, 0) is 6.42 Å². The van der Waals surface area contributed by atoms with E-state index >= 15 is 0 Å². The van der Waals surface area contributed by atoms with Crippen LogP contribution in [0, 0.1) is 0 Å². The summed E-state index contributed by atoms with van der Waals surface area (Å²) in [7, 11) is 0. The second-order valence-electron chi connectivity index (χ2n) is 5.58. The van der Waals surface area contributed by atoms with Gasteiger partial charge in [0.25, 0.3) is 0 Å². The molecule has 0 atom stereocenters. The number of aliphatic hydroxyl groups is 1. The number of hydrogen-bond acceptors (Lipinski definition) is 3. The summed E-state index contributed by atoms with van der Waals surface area (Å²) in [5.41, 5.74) is 2.21. The van der Waals surface area contributed by atoms with E-state index in [9.17, 15) is 14.7 Å². The molecule has 0 bridgehead atoms. The van der Waals surface area contributed by atoms with E-state index in [2.05, 4.69) is 6.92 Å². The zero-order valence-electron chi connectivity index (χ0n) is 13.5. The molecule has 0 aromatic heterocycles. The van der Waals surface area contributed by atoms with Crippen LogP contribution in [0.5, 0.6) is 0 Å². The van der Waals surface area contributed by atoms with Gasteiger partial charge in [0.2, 0.25) is 0 Å². The molecule has 0 aliphatic heterocycles. The standard InChI is InChI=1S/C20H20O4/c1-2-3-4-14-5-7-15(8-6-14)18(21)13-19(22)16-9-11-17(12-10-16)20(23)24/h5-13,22H,2-4H2,1H3,(H,23,24)/b19-13-. The van der Waals surface area contributed by atoms with Crippen LogP contribution >= 0.6 is 0 Å². The minimum atomic E-state index is -1.04. The third-order valence-corrected chi connectivity index (χ3v) is 3.75. The lowest BCUT2D eigenvalue weighted by Crippen LogP contribution is -1.98. The van der Waals surface area contributed by atoms with E-state index in [1.54, 1.807) is 12.1 Å². The van der Waals surface area contributed by atoms with E-state index in [4.69, 9.17) is 5.11 Å². The number of carboxylic acid groups (broad SMARTS) is 1. The lowest BCUT2D eigenvalue weighted by atomic mass is 10.0. The smallest absolute Gasteiger partial charge is 0.335 e. The normalized spacial score (nSPS) is 11.3. The van der Waals surface area contributed by atoms with Crippen LogP contribution in [0.4, 0.5) is 0 Å². The van der Waals surface area contributed by atoms with E-state index in [0.717, 1.165) is 25.3 Å². The van der Waals surface area contributed by atoms with Crippen molar-refractivity contribution in [3.8, 4) is 0 Å². The predicted octanol–water partition coefficient (Wildman–Crippen LogP) is 4.51. The van der Waals surface area contributed by atoms with Gasteiger partial charge in [0.1, 0.15) is 5.76 Å². The summed E-state index contributed by atoms with van der Waals surface area (Å²) in [5.74, 6) is -1.52. The number of rotatable bonds is 7. The fourth-order valence-corrected chi connectivity index (χ4v) is 2.29. The average molecular weight is 324 g/mol. The van der Waals surface area contributed by atoms with Crippen LogP contribution in [-0.4, -0.2) is 22.0 Å². The van der Waals surface area contributed by atoms with Gasteiger partial charge in [-0.25, -0.2) is 4.79 Å². The molecule has 0 unspecified atom stereocenters. The molecule has 2 rings (SSSR count). The molecule has 0 saturated heterocycles. The highest BCUT2D eigenvalue weighted by molar-refractivity contribution is 6.07. The highest BCUT2D eigenvalue weighted by Crippen LogP contribution is 2.15. The maximum Gasteiger partial charge on any atom is 0.335 e. The minimum Gasteiger partial charge on any atom is -0.507 e. The van der Waals surface area contributed by atoms with Crippen LogP contribution in [0.1, 0.15) is 51.6 Å². The van der Waals surface area contributed by atoms with Gasteiger partial charge in [-0.15, -0.1) is 0 Å². The van der Waals surface area contributed by atoms with Crippen LogP contribution in [0.3, 0.4) is 0 Å². The van der Waals surface area contributed by atoms with E-state index in [0.29, 0.717) is 11.1 Å². The lowest BCUT2D eigenvalue weighted by molar-refractivity contribution is 0.0696. The first-order valence-electron chi connectivity index (χ1n) is 7.89. The van der Waals surface area contributed by atoms with Crippen molar-refractivity contribution < 1.29 is 19.8 Å². The number of allylic oxidation sites excluding steroid dienone is 1. The van der Waals surface area contributed by atoms with Gasteiger partial charge in [-0.2, -0.15) is 0 Å². The second-order valence-corrected chi connectivity index (χ2v) is 5.58. The topological polar surface area (TPSA) is 74.6 Å². The van der Waals surface area contributed by atoms with Gasteiger partial charge in [0.15, 0.2) is 5.78 Å². The fraction of sp³-hybridized carbons (Fsp3) is 0.200. The third kappa shape index (κ3) is 4.56. The van der Waals surface area contributed by atoms with Gasteiger partial charge in [-0.1, -0.05) is 49.7 Å². The molecule has 0 spiro atoms. The summed E-state index contributed by atoms with van der Waals surface area (Å²) in [4.78, 5) is 23.0. The molecule has 0 saturated carbocycles. The van der Waals surface area contributed by atoms with E-state index in [1.165, 1.54) is 29.8 Å². The summed E-state index contributed by atoms with van der Waals surface area (Å²) in [5, 5.41) is 18.9. The molecule has 0 aliphatic carbocycles. The van der Waals surface area contributed by atoms with Crippen molar-refractivity contribution in [1.29, 1.82) is 0 Å². The fourth-order valence-electron chi connectivity index (χ4n) is 2.29. The number of unbranched alkanes of at least 4 members (excludes halogenated alkanes) is 1. The molecule has 124 valence electrons. The number of carboxylic acids is 1. The molecule has 0 heterocycles. The van der Waals surface area contributed by atoms with E-state index in [1.807, 2.05) is 12.1 Å². The van der Waals surface area contributed by atoms with Crippen molar-refractivity contribution in [1.82, 2.24) is 0 Å². The van der Waals surface area contributed by atoms with E-state index < -0.39 is 5.97 Å². The van der Waals surface area contributed by atoms with Crippen molar-refractivity contribution in [2.24, 2.45) is 0 Å². The van der Waals surface area contributed by atoms with Gasteiger partial charge in [0.05, 0.1) is 5.56 Å². The van der Waals surface area contributed by atoms with Crippen molar-refractivity contribution in [2.45, 2.75) is 26.2 Å². The van der Waals surface area contributed by atoms with Crippen LogP contribution in [0.25, 0.3) is 5.76 Å². The van der Waals surface area contributed by atoms with Gasteiger partial charge < -0.3 is 10.2 Å². The first-order chi connectivity index (χ1) is 11.5.